The summed E-state index contributed by atoms with van der Waals surface area (Å²) in [7, 11) is -0.394. The molecule has 1 aromatic rings. The summed E-state index contributed by atoms with van der Waals surface area (Å²) in [6.07, 6.45) is 4.05. The molecular formula is C15H21BrN2O3S. The summed E-state index contributed by atoms with van der Waals surface area (Å²) in [5, 5.41) is 3.54. The van der Waals surface area contributed by atoms with Crippen LogP contribution in [0, 0.1) is 0 Å². The molecule has 0 radical (unpaired) electrons. The number of ether oxygens (including phenoxy) is 1. The molecule has 1 aromatic carbocycles. The molecule has 22 heavy (non-hydrogen) atoms. The van der Waals surface area contributed by atoms with Gasteiger partial charge in [0.15, 0.2) is 0 Å². The number of rotatable bonds is 4. The lowest BCUT2D eigenvalue weighted by Gasteiger charge is -2.35. The topological polar surface area (TPSA) is 58.6 Å². The molecular weight excluding hydrogens is 368 g/mol. The van der Waals surface area contributed by atoms with Gasteiger partial charge in [-0.2, -0.15) is 4.31 Å². The number of benzene rings is 1. The maximum atomic E-state index is 13.0. The Balaban J connectivity index is 1.90. The van der Waals surface area contributed by atoms with E-state index in [9.17, 15) is 8.42 Å². The molecule has 2 aliphatic rings. The molecule has 2 aliphatic heterocycles. The van der Waals surface area contributed by atoms with E-state index in [0.29, 0.717) is 17.8 Å². The van der Waals surface area contributed by atoms with Crippen molar-refractivity contribution < 1.29 is 13.2 Å². The SMILES string of the molecule is COc1ccc(Br)cc1S(=O)(=O)N(C)C1CC2CCC(C1)N2. The van der Waals surface area contributed by atoms with Gasteiger partial charge < -0.3 is 10.1 Å². The summed E-state index contributed by atoms with van der Waals surface area (Å²) in [5.74, 6) is 0.381. The van der Waals surface area contributed by atoms with Crippen molar-refractivity contribution >= 4 is 26.0 Å². The zero-order valence-corrected chi connectivity index (χ0v) is 15.2. The second-order valence-electron chi connectivity index (χ2n) is 6.08. The molecule has 1 N–H and O–H groups in total. The van der Waals surface area contributed by atoms with Crippen LogP contribution in [0.1, 0.15) is 25.7 Å². The molecule has 2 bridgehead atoms. The van der Waals surface area contributed by atoms with Crippen LogP contribution in [0.5, 0.6) is 5.75 Å². The second kappa shape index (κ2) is 6.11. The van der Waals surface area contributed by atoms with Crippen molar-refractivity contribution in [3.63, 3.8) is 0 Å². The summed E-state index contributed by atoms with van der Waals surface area (Å²) >= 11 is 3.34. The van der Waals surface area contributed by atoms with Crippen LogP contribution in [0.15, 0.2) is 27.6 Å². The zero-order chi connectivity index (χ0) is 15.9. The van der Waals surface area contributed by atoms with Crippen LogP contribution < -0.4 is 10.1 Å². The lowest BCUT2D eigenvalue weighted by atomic mass is 10.0. The highest BCUT2D eigenvalue weighted by Gasteiger charge is 2.39. The third kappa shape index (κ3) is 2.91. The molecule has 0 aromatic heterocycles. The van der Waals surface area contributed by atoms with E-state index in [2.05, 4.69) is 21.2 Å². The van der Waals surface area contributed by atoms with E-state index in [1.807, 2.05) is 0 Å². The number of nitrogens with one attached hydrogen (secondary N) is 1. The maximum absolute atomic E-state index is 13.0. The summed E-state index contributed by atoms with van der Waals surface area (Å²) in [6, 6.07) is 6.02. The van der Waals surface area contributed by atoms with E-state index in [0.717, 1.165) is 30.2 Å². The van der Waals surface area contributed by atoms with Crippen molar-refractivity contribution in [2.45, 2.75) is 48.7 Å². The van der Waals surface area contributed by atoms with Crippen molar-refractivity contribution in [1.82, 2.24) is 9.62 Å². The highest BCUT2D eigenvalue weighted by Crippen LogP contribution is 2.34. The minimum Gasteiger partial charge on any atom is -0.495 e. The zero-order valence-electron chi connectivity index (χ0n) is 12.8. The van der Waals surface area contributed by atoms with Crippen LogP contribution in [0.3, 0.4) is 0 Å². The van der Waals surface area contributed by atoms with Gasteiger partial charge in [0, 0.05) is 29.6 Å². The van der Waals surface area contributed by atoms with Gasteiger partial charge in [0.2, 0.25) is 10.0 Å². The molecule has 0 aliphatic carbocycles. The number of sulfonamides is 1. The third-order valence-electron chi connectivity index (χ3n) is 4.75. The lowest BCUT2D eigenvalue weighted by molar-refractivity contribution is 0.251. The lowest BCUT2D eigenvalue weighted by Crippen LogP contribution is -2.48. The Morgan fingerprint density at radius 1 is 1.27 bits per heavy atom. The molecule has 0 amide bonds. The minimum atomic E-state index is -3.57. The molecule has 7 heteroatoms. The Morgan fingerprint density at radius 2 is 1.91 bits per heavy atom. The Morgan fingerprint density at radius 3 is 2.50 bits per heavy atom. The number of hydrogen-bond donors (Lipinski definition) is 1. The van der Waals surface area contributed by atoms with E-state index < -0.39 is 10.0 Å². The van der Waals surface area contributed by atoms with Crippen LogP contribution in [0.2, 0.25) is 0 Å². The molecule has 2 heterocycles. The minimum absolute atomic E-state index is 0.0486. The number of halogens is 1. The van der Waals surface area contributed by atoms with Crippen LogP contribution in [0.4, 0.5) is 0 Å². The van der Waals surface area contributed by atoms with Gasteiger partial charge in [-0.1, -0.05) is 15.9 Å². The third-order valence-corrected chi connectivity index (χ3v) is 7.17. The summed E-state index contributed by atoms with van der Waals surface area (Å²) in [5.41, 5.74) is 0. The van der Waals surface area contributed by atoms with E-state index >= 15 is 0 Å². The van der Waals surface area contributed by atoms with Crippen LogP contribution in [0.25, 0.3) is 0 Å². The summed E-state index contributed by atoms with van der Waals surface area (Å²) < 4.78 is 33.5. The molecule has 2 atom stereocenters. The van der Waals surface area contributed by atoms with Gasteiger partial charge in [-0.15, -0.1) is 0 Å². The van der Waals surface area contributed by atoms with E-state index in [1.54, 1.807) is 25.2 Å². The molecule has 122 valence electrons. The van der Waals surface area contributed by atoms with Crippen molar-refractivity contribution in [2.75, 3.05) is 14.2 Å². The number of piperidine rings is 1. The quantitative estimate of drug-likeness (QED) is 0.859. The Hall–Kier alpha value is -0.630. The van der Waals surface area contributed by atoms with Crippen LogP contribution in [-0.2, 0) is 10.0 Å². The first-order valence-corrected chi connectivity index (χ1v) is 9.72. The Kier molecular flexibility index (Phi) is 4.51. The first-order valence-electron chi connectivity index (χ1n) is 7.49. The Labute approximate surface area is 140 Å². The van der Waals surface area contributed by atoms with Gasteiger partial charge in [-0.3, -0.25) is 0 Å². The molecule has 5 nitrogen and oxygen atoms in total. The van der Waals surface area contributed by atoms with Crippen molar-refractivity contribution in [2.24, 2.45) is 0 Å². The predicted octanol–water partition coefficient (Wildman–Crippen LogP) is 2.36. The average Bonchev–Trinajstić information content (AvgIpc) is 2.84. The molecule has 2 saturated heterocycles. The molecule has 2 unspecified atom stereocenters. The van der Waals surface area contributed by atoms with Gasteiger partial charge >= 0.3 is 0 Å². The van der Waals surface area contributed by atoms with Gasteiger partial charge in [-0.05, 0) is 43.9 Å². The highest BCUT2D eigenvalue weighted by molar-refractivity contribution is 9.10. The highest BCUT2D eigenvalue weighted by atomic mass is 79.9. The smallest absolute Gasteiger partial charge is 0.246 e. The first-order chi connectivity index (χ1) is 10.4. The normalized spacial score (nSPS) is 28.1. The molecule has 2 fully saturated rings. The van der Waals surface area contributed by atoms with E-state index in [-0.39, 0.29) is 10.9 Å². The molecule has 0 spiro atoms. The Bertz CT molecular complexity index is 653. The van der Waals surface area contributed by atoms with Gasteiger partial charge in [0.05, 0.1) is 7.11 Å². The van der Waals surface area contributed by atoms with Gasteiger partial charge in [-0.25, -0.2) is 8.42 Å². The average molecular weight is 389 g/mol. The second-order valence-corrected chi connectivity index (χ2v) is 8.96. The van der Waals surface area contributed by atoms with E-state index in [1.165, 1.54) is 11.4 Å². The van der Waals surface area contributed by atoms with Crippen LogP contribution >= 0.6 is 15.9 Å². The van der Waals surface area contributed by atoms with Crippen LogP contribution in [-0.4, -0.2) is 45.0 Å². The molecule has 3 rings (SSSR count). The fraction of sp³-hybridized carbons (Fsp3) is 0.600. The van der Waals surface area contributed by atoms with Gasteiger partial charge in [0.25, 0.3) is 0 Å². The standard InChI is InChI=1S/C15H21BrN2O3S/c1-18(13-8-11-4-5-12(9-13)17-11)22(19,20)15-7-10(16)3-6-14(15)21-2/h3,6-7,11-13,17H,4-5,8-9H2,1-2H3. The fourth-order valence-corrected chi connectivity index (χ4v) is 5.60. The van der Waals surface area contributed by atoms with Crippen molar-refractivity contribution in [1.29, 1.82) is 0 Å². The monoisotopic (exact) mass is 388 g/mol. The largest absolute Gasteiger partial charge is 0.495 e. The van der Waals surface area contributed by atoms with E-state index in [4.69, 9.17) is 4.74 Å². The maximum Gasteiger partial charge on any atom is 0.246 e. The number of methoxy groups -OCH3 is 1. The number of fused-ring (bicyclic) bond motifs is 2. The molecule has 0 saturated carbocycles. The number of nitrogens with zero attached hydrogens (tertiary/aromatic N) is 1. The summed E-state index contributed by atoms with van der Waals surface area (Å²) in [4.78, 5) is 0.220. The summed E-state index contributed by atoms with van der Waals surface area (Å²) in [6.45, 7) is 0. The first kappa shape index (κ1) is 16.2. The van der Waals surface area contributed by atoms with Crippen molar-refractivity contribution in [3.05, 3.63) is 22.7 Å². The fourth-order valence-electron chi connectivity index (χ4n) is 3.53. The van der Waals surface area contributed by atoms with Gasteiger partial charge in [0.1, 0.15) is 10.6 Å². The predicted molar refractivity (Wildman–Crippen MR) is 88.6 cm³/mol. The number of hydrogen-bond acceptors (Lipinski definition) is 4. The van der Waals surface area contributed by atoms with Crippen molar-refractivity contribution in [3.8, 4) is 5.75 Å².